The molecule has 3 rings (SSSR count). The van der Waals surface area contributed by atoms with Gasteiger partial charge in [0.05, 0.1) is 17.8 Å². The van der Waals surface area contributed by atoms with Crippen molar-refractivity contribution in [2.75, 3.05) is 29.5 Å². The van der Waals surface area contributed by atoms with E-state index in [2.05, 4.69) is 50.0 Å². The van der Waals surface area contributed by atoms with E-state index in [9.17, 15) is 9.59 Å². The Balaban J connectivity index is 1.80. The van der Waals surface area contributed by atoms with E-state index in [1.807, 2.05) is 24.3 Å². The van der Waals surface area contributed by atoms with Crippen LogP contribution in [0.25, 0.3) is 0 Å². The van der Waals surface area contributed by atoms with Crippen molar-refractivity contribution in [3.05, 3.63) is 71.4 Å². The maximum Gasteiger partial charge on any atom is 0.248 e. The fourth-order valence-electron chi connectivity index (χ4n) is 2.95. The summed E-state index contributed by atoms with van der Waals surface area (Å²) < 4.78 is 0. The molecule has 0 aliphatic heterocycles. The number of carbonyl (C=O) groups is 2. The Labute approximate surface area is 204 Å². The molecule has 0 spiro atoms. The van der Waals surface area contributed by atoms with E-state index in [1.165, 1.54) is 0 Å². The number of amides is 2. The highest BCUT2D eigenvalue weighted by Gasteiger charge is 2.10. The second-order valence-electron chi connectivity index (χ2n) is 7.78. The van der Waals surface area contributed by atoms with Gasteiger partial charge in [-0.15, -0.1) is 0 Å². The predicted octanol–water partition coefficient (Wildman–Crippen LogP) is 3.09. The molecule has 1 unspecified atom stereocenters. The summed E-state index contributed by atoms with van der Waals surface area (Å²) in [5.74, 6) is 6.64. The summed E-state index contributed by atoms with van der Waals surface area (Å²) in [5, 5.41) is 12.2. The van der Waals surface area contributed by atoms with E-state index in [1.54, 1.807) is 44.4 Å². The highest BCUT2D eigenvalue weighted by molar-refractivity contribution is 5.94. The molecular weight excluding hydrogens is 442 g/mol. The Kier molecular flexibility index (Phi) is 8.76. The first kappa shape index (κ1) is 25.2. The van der Waals surface area contributed by atoms with Gasteiger partial charge in [-0.2, -0.15) is 4.98 Å². The van der Waals surface area contributed by atoms with E-state index < -0.39 is 5.91 Å². The summed E-state index contributed by atoms with van der Waals surface area (Å²) in [5.41, 5.74) is 8.50. The molecule has 3 aromatic rings. The molecule has 35 heavy (non-hydrogen) atoms. The summed E-state index contributed by atoms with van der Waals surface area (Å²) in [6.07, 6.45) is 2.57. The first-order chi connectivity index (χ1) is 16.9. The van der Waals surface area contributed by atoms with Crippen molar-refractivity contribution in [3.63, 3.8) is 0 Å². The smallest absolute Gasteiger partial charge is 0.248 e. The lowest BCUT2D eigenvalue weighted by molar-refractivity contribution is -0.117. The number of nitrogens with two attached hydrogens (primary N) is 1. The number of hydrogen-bond acceptors (Lipinski definition) is 7. The Morgan fingerprint density at radius 2 is 1.86 bits per heavy atom. The fourth-order valence-corrected chi connectivity index (χ4v) is 2.95. The van der Waals surface area contributed by atoms with Gasteiger partial charge in [0.1, 0.15) is 5.82 Å². The van der Waals surface area contributed by atoms with Crippen molar-refractivity contribution in [1.82, 2.24) is 15.3 Å². The molecule has 9 nitrogen and oxygen atoms in total. The van der Waals surface area contributed by atoms with E-state index >= 15 is 0 Å². The quantitative estimate of drug-likeness (QED) is 0.303. The molecule has 0 radical (unpaired) electrons. The van der Waals surface area contributed by atoms with Gasteiger partial charge in [-0.25, -0.2) is 4.98 Å². The Morgan fingerprint density at radius 3 is 2.54 bits per heavy atom. The molecule has 0 saturated heterocycles. The lowest BCUT2D eigenvalue weighted by Gasteiger charge is -2.11. The molecule has 9 heteroatoms. The molecule has 180 valence electrons. The van der Waals surface area contributed by atoms with Crippen molar-refractivity contribution in [1.29, 1.82) is 0 Å². The third kappa shape index (κ3) is 7.28. The largest absolute Gasteiger partial charge is 0.369 e. The number of carbonyl (C=O) groups excluding carboxylic acids is 2. The van der Waals surface area contributed by atoms with Crippen molar-refractivity contribution in [2.24, 2.45) is 5.73 Å². The first-order valence-electron chi connectivity index (χ1n) is 11.3. The summed E-state index contributed by atoms with van der Waals surface area (Å²) in [6.45, 7) is 4.58. The fraction of sp³-hybridized carbons (Fsp3) is 0.231. The number of anilines is 4. The van der Waals surface area contributed by atoms with Crippen LogP contribution >= 0.6 is 0 Å². The lowest BCUT2D eigenvalue weighted by atomic mass is 10.2. The van der Waals surface area contributed by atoms with E-state index in [4.69, 9.17) is 5.73 Å². The molecule has 0 bridgehead atoms. The van der Waals surface area contributed by atoms with Crippen LogP contribution in [0.2, 0.25) is 0 Å². The maximum atomic E-state index is 12.1. The average molecular weight is 472 g/mol. The van der Waals surface area contributed by atoms with Crippen LogP contribution in [-0.4, -0.2) is 41.4 Å². The van der Waals surface area contributed by atoms with Crippen LogP contribution in [-0.2, 0) is 4.79 Å². The van der Waals surface area contributed by atoms with Crippen LogP contribution in [0.1, 0.15) is 41.8 Å². The number of rotatable bonds is 9. The Morgan fingerprint density at radius 1 is 1.09 bits per heavy atom. The molecule has 0 aliphatic carbocycles. The molecular formula is C26H29N7O2. The van der Waals surface area contributed by atoms with E-state index in [-0.39, 0.29) is 11.9 Å². The number of nitrogens with zero attached hydrogens (tertiary/aromatic N) is 2. The molecule has 2 aromatic carbocycles. The van der Waals surface area contributed by atoms with Crippen LogP contribution < -0.4 is 27.0 Å². The van der Waals surface area contributed by atoms with Gasteiger partial charge < -0.3 is 27.0 Å². The zero-order valence-electron chi connectivity index (χ0n) is 20.0. The number of primary amides is 1. The van der Waals surface area contributed by atoms with E-state index in [0.717, 1.165) is 24.2 Å². The van der Waals surface area contributed by atoms with Crippen molar-refractivity contribution in [2.45, 2.75) is 26.3 Å². The van der Waals surface area contributed by atoms with Gasteiger partial charge in [-0.05, 0) is 62.9 Å². The molecule has 1 atom stereocenters. The molecule has 0 saturated carbocycles. The van der Waals surface area contributed by atoms with Crippen LogP contribution in [0.4, 0.5) is 23.1 Å². The van der Waals surface area contributed by atoms with Gasteiger partial charge in [-0.1, -0.05) is 24.8 Å². The molecule has 1 aromatic heterocycles. The predicted molar refractivity (Wildman–Crippen MR) is 139 cm³/mol. The second kappa shape index (κ2) is 12.2. The minimum absolute atomic E-state index is 0.121. The lowest BCUT2D eigenvalue weighted by Crippen LogP contribution is -2.35. The minimum atomic E-state index is -0.484. The topological polar surface area (TPSA) is 134 Å². The molecule has 6 N–H and O–H groups in total. The maximum absolute atomic E-state index is 12.1. The second-order valence-corrected chi connectivity index (χ2v) is 7.78. The monoisotopic (exact) mass is 471 g/mol. The number of benzene rings is 2. The SMILES string of the molecule is CCCNc1nc(Nc2ccc(C(N)=O)cc2)ncc1C#Cc1cccc(NC(=O)C(C)NC)c1. The number of nitrogens with one attached hydrogen (secondary N) is 4. The zero-order chi connectivity index (χ0) is 25.2. The summed E-state index contributed by atoms with van der Waals surface area (Å²) in [7, 11) is 1.73. The van der Waals surface area contributed by atoms with E-state index in [0.29, 0.717) is 28.6 Å². The summed E-state index contributed by atoms with van der Waals surface area (Å²) >= 11 is 0. The molecule has 1 heterocycles. The normalized spacial score (nSPS) is 11.1. The highest BCUT2D eigenvalue weighted by Crippen LogP contribution is 2.18. The van der Waals surface area contributed by atoms with Gasteiger partial charge >= 0.3 is 0 Å². The van der Waals surface area contributed by atoms with Crippen molar-refractivity contribution in [3.8, 4) is 11.8 Å². The average Bonchev–Trinajstić information content (AvgIpc) is 2.86. The number of hydrogen-bond donors (Lipinski definition) is 5. The Bertz CT molecular complexity index is 1250. The van der Waals surface area contributed by atoms with Gasteiger partial charge in [0.2, 0.25) is 17.8 Å². The Hall–Kier alpha value is -4.42. The van der Waals surface area contributed by atoms with Crippen LogP contribution in [0.15, 0.2) is 54.7 Å². The van der Waals surface area contributed by atoms with Gasteiger partial charge in [0.25, 0.3) is 0 Å². The van der Waals surface area contributed by atoms with Gasteiger partial charge in [-0.3, -0.25) is 9.59 Å². The number of aromatic nitrogens is 2. The van der Waals surface area contributed by atoms with Crippen LogP contribution in [0, 0.1) is 11.8 Å². The van der Waals surface area contributed by atoms with Crippen molar-refractivity contribution >= 4 is 35.0 Å². The third-order valence-corrected chi connectivity index (χ3v) is 5.05. The number of likely N-dealkylation sites (N-methyl/N-ethyl adjacent to an activating group) is 1. The zero-order valence-corrected chi connectivity index (χ0v) is 20.0. The summed E-state index contributed by atoms with van der Waals surface area (Å²) in [6, 6.07) is 13.8. The summed E-state index contributed by atoms with van der Waals surface area (Å²) in [4.78, 5) is 32.3. The molecule has 2 amide bonds. The third-order valence-electron chi connectivity index (χ3n) is 5.05. The standard InChI is InChI=1S/C26H29N7O2/c1-4-14-29-24-20(9-8-18-6-5-7-22(15-18)31-25(35)17(2)28-3)16-30-26(33-24)32-21-12-10-19(11-13-21)23(27)34/h5-7,10-13,15-17,28H,4,14H2,1-3H3,(H2,27,34)(H,31,35)(H2,29,30,32,33). The highest BCUT2D eigenvalue weighted by atomic mass is 16.2. The van der Waals surface area contributed by atoms with Crippen LogP contribution in [0.3, 0.4) is 0 Å². The van der Waals surface area contributed by atoms with Crippen LogP contribution in [0.5, 0.6) is 0 Å². The molecule has 0 aliphatic rings. The van der Waals surface area contributed by atoms with Gasteiger partial charge in [0, 0.05) is 29.0 Å². The van der Waals surface area contributed by atoms with Crippen molar-refractivity contribution < 1.29 is 9.59 Å². The minimum Gasteiger partial charge on any atom is -0.369 e. The molecule has 0 fully saturated rings. The van der Waals surface area contributed by atoms with Gasteiger partial charge in [0.15, 0.2) is 0 Å². The first-order valence-corrected chi connectivity index (χ1v) is 11.3.